The van der Waals surface area contributed by atoms with Gasteiger partial charge in [0.05, 0.1) is 0 Å². The highest BCUT2D eigenvalue weighted by atomic mass is 127. The summed E-state index contributed by atoms with van der Waals surface area (Å²) < 4.78 is 1.07. The van der Waals surface area contributed by atoms with E-state index in [1.54, 1.807) is 0 Å². The Hall–Kier alpha value is -0.390. The van der Waals surface area contributed by atoms with E-state index in [0.29, 0.717) is 6.04 Å². The van der Waals surface area contributed by atoms with E-state index in [1.165, 1.54) is 32.1 Å². The van der Waals surface area contributed by atoms with E-state index < -0.39 is 0 Å². The molecule has 1 rings (SSSR count). The molecule has 0 saturated heterocycles. The maximum Gasteiger partial charge on any atom is 0.222 e. The van der Waals surface area contributed by atoms with Crippen LogP contribution in [0.25, 0.3) is 0 Å². The van der Waals surface area contributed by atoms with Crippen LogP contribution in [0, 0.1) is 3.57 Å². The Morgan fingerprint density at radius 2 is 1.88 bits per heavy atom. The number of nitrogens with one attached hydrogen (secondary N) is 1. The maximum absolute atomic E-state index is 4.28. The van der Waals surface area contributed by atoms with Crippen LogP contribution in [0.15, 0.2) is 12.4 Å². The van der Waals surface area contributed by atoms with E-state index in [1.807, 2.05) is 12.4 Å². The van der Waals surface area contributed by atoms with Crippen LogP contribution in [-0.2, 0) is 0 Å². The predicted octanol–water partition coefficient (Wildman–Crippen LogP) is 3.85. The summed E-state index contributed by atoms with van der Waals surface area (Å²) >= 11 is 2.22. The fourth-order valence-electron chi connectivity index (χ4n) is 1.66. The Morgan fingerprint density at radius 3 is 2.44 bits per heavy atom. The normalized spacial score (nSPS) is 12.4. The fraction of sp³-hybridized carbons (Fsp3) is 0.667. The highest BCUT2D eigenvalue weighted by Crippen LogP contribution is 2.12. The van der Waals surface area contributed by atoms with Crippen molar-refractivity contribution in [2.24, 2.45) is 0 Å². The number of hydrogen-bond acceptors (Lipinski definition) is 3. The Kier molecular flexibility index (Phi) is 6.68. The SMILES string of the molecule is CCCCC(CCC)Nc1ncc(I)cn1. The number of halogens is 1. The number of hydrogen-bond donors (Lipinski definition) is 1. The molecule has 0 spiro atoms. The summed E-state index contributed by atoms with van der Waals surface area (Å²) in [6.45, 7) is 4.44. The van der Waals surface area contributed by atoms with Gasteiger partial charge in [0.15, 0.2) is 0 Å². The van der Waals surface area contributed by atoms with Crippen LogP contribution in [0.5, 0.6) is 0 Å². The lowest BCUT2D eigenvalue weighted by Gasteiger charge is -2.17. The van der Waals surface area contributed by atoms with E-state index in [9.17, 15) is 0 Å². The molecule has 1 unspecified atom stereocenters. The minimum atomic E-state index is 0.519. The molecule has 1 aromatic rings. The first-order valence-electron chi connectivity index (χ1n) is 6.00. The maximum atomic E-state index is 4.28. The zero-order chi connectivity index (χ0) is 11.8. The number of anilines is 1. The first-order chi connectivity index (χ1) is 7.76. The number of unbranched alkanes of at least 4 members (excludes halogenated alkanes) is 1. The van der Waals surface area contributed by atoms with Crippen molar-refractivity contribution in [3.8, 4) is 0 Å². The summed E-state index contributed by atoms with van der Waals surface area (Å²) in [6, 6.07) is 0.519. The second kappa shape index (κ2) is 7.81. The highest BCUT2D eigenvalue weighted by Gasteiger charge is 2.08. The van der Waals surface area contributed by atoms with E-state index >= 15 is 0 Å². The van der Waals surface area contributed by atoms with Crippen LogP contribution >= 0.6 is 22.6 Å². The van der Waals surface area contributed by atoms with Gasteiger partial charge in [-0.05, 0) is 35.4 Å². The fourth-order valence-corrected chi connectivity index (χ4v) is 1.94. The first-order valence-corrected chi connectivity index (χ1v) is 7.08. The van der Waals surface area contributed by atoms with Crippen LogP contribution in [0.3, 0.4) is 0 Å². The summed E-state index contributed by atoms with van der Waals surface area (Å²) in [4.78, 5) is 8.56. The summed E-state index contributed by atoms with van der Waals surface area (Å²) in [7, 11) is 0. The molecular formula is C12H20IN3. The van der Waals surface area contributed by atoms with Crippen LogP contribution in [-0.4, -0.2) is 16.0 Å². The van der Waals surface area contributed by atoms with Gasteiger partial charge < -0.3 is 5.32 Å². The summed E-state index contributed by atoms with van der Waals surface area (Å²) in [5, 5.41) is 3.42. The number of rotatable bonds is 7. The van der Waals surface area contributed by atoms with Gasteiger partial charge in [-0.3, -0.25) is 0 Å². The first kappa shape index (κ1) is 13.7. The second-order valence-corrected chi connectivity index (χ2v) is 5.24. The minimum Gasteiger partial charge on any atom is -0.351 e. The zero-order valence-electron chi connectivity index (χ0n) is 10.0. The predicted molar refractivity (Wildman–Crippen MR) is 76.6 cm³/mol. The van der Waals surface area contributed by atoms with Gasteiger partial charge in [0.2, 0.25) is 5.95 Å². The molecule has 1 aromatic heterocycles. The summed E-state index contributed by atoms with van der Waals surface area (Å²) in [5.74, 6) is 0.759. The Balaban J connectivity index is 2.49. The van der Waals surface area contributed by atoms with Crippen LogP contribution < -0.4 is 5.32 Å². The van der Waals surface area contributed by atoms with Crippen LogP contribution in [0.4, 0.5) is 5.95 Å². The second-order valence-electron chi connectivity index (χ2n) is 4.00. The molecule has 1 heterocycles. The highest BCUT2D eigenvalue weighted by molar-refractivity contribution is 14.1. The number of nitrogens with zero attached hydrogens (tertiary/aromatic N) is 2. The quantitative estimate of drug-likeness (QED) is 0.770. The molecular weight excluding hydrogens is 313 g/mol. The average Bonchev–Trinajstić information content (AvgIpc) is 2.29. The third-order valence-electron chi connectivity index (χ3n) is 2.50. The molecule has 0 bridgehead atoms. The van der Waals surface area contributed by atoms with Gasteiger partial charge in [-0.15, -0.1) is 0 Å². The lowest BCUT2D eigenvalue weighted by atomic mass is 10.1. The van der Waals surface area contributed by atoms with Gasteiger partial charge in [-0.2, -0.15) is 0 Å². The monoisotopic (exact) mass is 333 g/mol. The summed E-state index contributed by atoms with van der Waals surface area (Å²) in [6.07, 6.45) is 9.80. The Labute approximate surface area is 112 Å². The van der Waals surface area contributed by atoms with Gasteiger partial charge in [0, 0.05) is 22.0 Å². The third-order valence-corrected chi connectivity index (χ3v) is 3.05. The molecule has 0 radical (unpaired) electrons. The molecule has 0 aliphatic heterocycles. The lowest BCUT2D eigenvalue weighted by molar-refractivity contribution is 0.561. The van der Waals surface area contributed by atoms with Crippen LogP contribution in [0.2, 0.25) is 0 Å². The van der Waals surface area contributed by atoms with Gasteiger partial charge in [-0.25, -0.2) is 9.97 Å². The number of aromatic nitrogens is 2. The Morgan fingerprint density at radius 1 is 1.19 bits per heavy atom. The van der Waals surface area contributed by atoms with E-state index in [-0.39, 0.29) is 0 Å². The molecule has 90 valence electrons. The molecule has 4 heteroatoms. The largest absolute Gasteiger partial charge is 0.351 e. The molecule has 1 atom stereocenters. The van der Waals surface area contributed by atoms with Gasteiger partial charge in [0.1, 0.15) is 0 Å². The van der Waals surface area contributed by atoms with Crippen LogP contribution in [0.1, 0.15) is 46.0 Å². The van der Waals surface area contributed by atoms with Crippen molar-refractivity contribution in [3.05, 3.63) is 16.0 Å². The zero-order valence-corrected chi connectivity index (χ0v) is 12.2. The van der Waals surface area contributed by atoms with Crippen molar-refractivity contribution in [1.29, 1.82) is 0 Å². The van der Waals surface area contributed by atoms with Crippen molar-refractivity contribution >= 4 is 28.5 Å². The molecule has 0 aliphatic rings. The van der Waals surface area contributed by atoms with Crippen molar-refractivity contribution in [2.75, 3.05) is 5.32 Å². The molecule has 16 heavy (non-hydrogen) atoms. The lowest BCUT2D eigenvalue weighted by Crippen LogP contribution is -2.20. The molecule has 0 fully saturated rings. The van der Waals surface area contributed by atoms with Crippen molar-refractivity contribution in [2.45, 2.75) is 52.0 Å². The molecule has 3 nitrogen and oxygen atoms in total. The third kappa shape index (κ3) is 5.09. The summed E-state index contributed by atoms with van der Waals surface area (Å²) in [5.41, 5.74) is 0. The molecule has 0 aliphatic carbocycles. The van der Waals surface area contributed by atoms with E-state index in [4.69, 9.17) is 0 Å². The molecule has 1 N–H and O–H groups in total. The Bertz CT molecular complexity index is 287. The topological polar surface area (TPSA) is 37.8 Å². The van der Waals surface area contributed by atoms with Crippen molar-refractivity contribution in [3.63, 3.8) is 0 Å². The molecule has 0 aromatic carbocycles. The molecule has 0 amide bonds. The standard InChI is InChI=1S/C12H20IN3/c1-3-5-7-11(6-4-2)16-12-14-8-10(13)9-15-12/h8-9,11H,3-7H2,1-2H3,(H,14,15,16). The van der Waals surface area contributed by atoms with Crippen molar-refractivity contribution in [1.82, 2.24) is 9.97 Å². The van der Waals surface area contributed by atoms with E-state index in [2.05, 4.69) is 51.7 Å². The van der Waals surface area contributed by atoms with Gasteiger partial charge >= 0.3 is 0 Å². The minimum absolute atomic E-state index is 0.519. The average molecular weight is 333 g/mol. The molecule has 0 saturated carbocycles. The van der Waals surface area contributed by atoms with E-state index in [0.717, 1.165) is 9.52 Å². The van der Waals surface area contributed by atoms with Gasteiger partial charge in [0.25, 0.3) is 0 Å². The van der Waals surface area contributed by atoms with Gasteiger partial charge in [-0.1, -0.05) is 33.1 Å². The van der Waals surface area contributed by atoms with Crippen molar-refractivity contribution < 1.29 is 0 Å². The smallest absolute Gasteiger partial charge is 0.222 e.